The fourth-order valence-corrected chi connectivity index (χ4v) is 8.69. The molecule has 3 aliphatic carbocycles. The number of carbonyl (C=O) groups is 2. The fourth-order valence-electron chi connectivity index (χ4n) is 8.69. The molecule has 2 bridgehead atoms. The molecule has 6 rings (SSSR count). The van der Waals surface area contributed by atoms with E-state index in [-0.39, 0.29) is 29.2 Å². The molecule has 7 atom stereocenters. The van der Waals surface area contributed by atoms with Gasteiger partial charge in [-0.15, -0.1) is 13.2 Å². The molecule has 236 valence electrons. The van der Waals surface area contributed by atoms with Gasteiger partial charge in [-0.2, -0.15) is 0 Å². The smallest absolute Gasteiger partial charge is 0.427 e. The monoisotopic (exact) mass is 615 g/mol. The van der Waals surface area contributed by atoms with Gasteiger partial charge in [-0.1, -0.05) is 43.3 Å². The van der Waals surface area contributed by atoms with Crippen LogP contribution in [0.4, 0.5) is 13.2 Å². The van der Waals surface area contributed by atoms with Gasteiger partial charge in [0.25, 0.3) is 5.91 Å². The maximum atomic E-state index is 13.7. The zero-order chi connectivity index (χ0) is 31.5. The van der Waals surface area contributed by atoms with Crippen molar-refractivity contribution >= 4 is 18.0 Å². The second kappa shape index (κ2) is 10.9. The van der Waals surface area contributed by atoms with Crippen LogP contribution >= 0.6 is 0 Å². The Balaban J connectivity index is 1.46. The van der Waals surface area contributed by atoms with E-state index < -0.39 is 35.8 Å². The number of allylic oxidation sites excluding steroid dienone is 1. The number of esters is 1. The van der Waals surface area contributed by atoms with Crippen LogP contribution in [-0.2, 0) is 28.5 Å². The SMILES string of the molecule is C=CC[N+]1(C)CC[C@@]23C4=C5C[C@@H]1[C@@H]2CCC[C@@H]3OC4C(NC(=O)C(=Cc1ccccc1)OC(F)(F)F)(OC)C=C5OC(C)=O. The van der Waals surface area contributed by atoms with Crippen molar-refractivity contribution in [1.29, 1.82) is 0 Å². The van der Waals surface area contributed by atoms with Crippen LogP contribution in [0.15, 0.2) is 71.7 Å². The van der Waals surface area contributed by atoms with Crippen LogP contribution < -0.4 is 5.32 Å². The van der Waals surface area contributed by atoms with Crippen molar-refractivity contribution in [3.05, 3.63) is 77.3 Å². The highest BCUT2D eigenvalue weighted by atomic mass is 19.4. The molecule has 11 heteroatoms. The summed E-state index contributed by atoms with van der Waals surface area (Å²) in [5, 5.41) is 2.68. The number of piperidine rings is 1. The summed E-state index contributed by atoms with van der Waals surface area (Å²) in [5.74, 6) is -2.17. The molecule has 1 aromatic rings. The van der Waals surface area contributed by atoms with E-state index >= 15 is 0 Å². The molecule has 1 amide bonds. The minimum atomic E-state index is -5.12. The minimum absolute atomic E-state index is 0.182. The van der Waals surface area contributed by atoms with E-state index in [4.69, 9.17) is 14.2 Å². The maximum Gasteiger partial charge on any atom is 0.573 e. The summed E-state index contributed by atoms with van der Waals surface area (Å²) in [6.45, 7) is 6.99. The largest absolute Gasteiger partial charge is 0.573 e. The summed E-state index contributed by atoms with van der Waals surface area (Å²) >= 11 is 0. The van der Waals surface area contributed by atoms with Crippen LogP contribution in [-0.4, -0.2) is 73.9 Å². The maximum absolute atomic E-state index is 13.7. The molecule has 1 saturated carbocycles. The van der Waals surface area contributed by atoms with E-state index in [1.54, 1.807) is 30.3 Å². The number of benzene rings is 1. The number of rotatable bonds is 8. The van der Waals surface area contributed by atoms with Gasteiger partial charge in [0.05, 0.1) is 32.3 Å². The summed E-state index contributed by atoms with van der Waals surface area (Å²) < 4.78 is 64.2. The number of quaternary nitrogens is 1. The molecule has 0 radical (unpaired) electrons. The van der Waals surface area contributed by atoms with Gasteiger partial charge in [0.1, 0.15) is 11.9 Å². The Morgan fingerprint density at radius 3 is 2.64 bits per heavy atom. The van der Waals surface area contributed by atoms with Gasteiger partial charge in [0.2, 0.25) is 0 Å². The molecular weight excluding hydrogens is 577 g/mol. The molecule has 1 aromatic carbocycles. The number of methoxy groups -OCH3 is 1. The number of alkyl halides is 3. The number of hydrogen-bond acceptors (Lipinski definition) is 6. The van der Waals surface area contributed by atoms with E-state index in [2.05, 4.69) is 23.7 Å². The third-order valence-electron chi connectivity index (χ3n) is 10.3. The number of amides is 1. The van der Waals surface area contributed by atoms with Gasteiger partial charge in [-0.05, 0) is 36.1 Å². The highest BCUT2D eigenvalue weighted by molar-refractivity contribution is 5.96. The number of nitrogens with zero attached hydrogens (tertiary/aromatic N) is 1. The van der Waals surface area contributed by atoms with Gasteiger partial charge in [0, 0.05) is 49.9 Å². The molecule has 3 unspecified atom stereocenters. The van der Waals surface area contributed by atoms with Crippen molar-refractivity contribution in [3.8, 4) is 0 Å². The highest BCUT2D eigenvalue weighted by Crippen LogP contribution is 2.67. The number of nitrogens with one attached hydrogen (secondary N) is 1. The Morgan fingerprint density at radius 1 is 1.23 bits per heavy atom. The zero-order valence-corrected chi connectivity index (χ0v) is 25.1. The second-order valence-electron chi connectivity index (χ2n) is 12.7. The molecule has 1 spiro atoms. The van der Waals surface area contributed by atoms with Crippen molar-refractivity contribution < 1.29 is 46.2 Å². The number of likely N-dealkylation sites (tertiary alicyclic amines) is 1. The van der Waals surface area contributed by atoms with E-state index in [1.165, 1.54) is 20.1 Å². The summed E-state index contributed by atoms with van der Waals surface area (Å²) in [6, 6.07) is 8.32. The van der Waals surface area contributed by atoms with Crippen molar-refractivity contribution in [2.24, 2.45) is 11.3 Å². The highest BCUT2D eigenvalue weighted by Gasteiger charge is 2.72. The average Bonchev–Trinajstić information content (AvgIpc) is 3.31. The zero-order valence-electron chi connectivity index (χ0n) is 25.1. The van der Waals surface area contributed by atoms with Gasteiger partial charge >= 0.3 is 12.3 Å². The molecule has 2 heterocycles. The van der Waals surface area contributed by atoms with Crippen LogP contribution in [0.1, 0.15) is 44.6 Å². The minimum Gasteiger partial charge on any atom is -0.427 e. The predicted molar refractivity (Wildman–Crippen MR) is 154 cm³/mol. The third-order valence-corrected chi connectivity index (χ3v) is 10.3. The summed E-state index contributed by atoms with van der Waals surface area (Å²) in [5.41, 5.74) is -0.0216. The Labute approximate surface area is 254 Å². The molecule has 2 aliphatic heterocycles. The molecule has 2 saturated heterocycles. The van der Waals surface area contributed by atoms with Crippen molar-refractivity contribution in [3.63, 3.8) is 0 Å². The first-order chi connectivity index (χ1) is 20.9. The van der Waals surface area contributed by atoms with Gasteiger partial charge in [0.15, 0.2) is 11.5 Å². The normalized spacial score (nSPS) is 35.8. The van der Waals surface area contributed by atoms with E-state index in [0.29, 0.717) is 12.0 Å². The first-order valence-electron chi connectivity index (χ1n) is 15.0. The lowest BCUT2D eigenvalue weighted by Gasteiger charge is -2.61. The van der Waals surface area contributed by atoms with Crippen LogP contribution in [0.25, 0.3) is 6.08 Å². The standard InChI is InChI=1S/C33H37F3N2O6/c1-5-15-38(3)16-14-31-23-12-9-13-27(31)43-29-28(31)22(18-24(23)38)26(42-20(2)39)19-32(29,41-4)37-30(40)25(44-33(34,35)36)17-21-10-7-6-8-11-21/h5-8,10-11,17,19,23-24,27,29H,1,9,12-16,18H2,2-4H3/p+1/t23-,24+,27-,29?,31+,32?,38?/m0/s1. The van der Waals surface area contributed by atoms with Gasteiger partial charge in [-0.25, -0.2) is 0 Å². The first kappa shape index (κ1) is 30.6. The Hall–Kier alpha value is -3.41. The van der Waals surface area contributed by atoms with Crippen LogP contribution in [0, 0.1) is 11.3 Å². The number of carbonyl (C=O) groups excluding carboxylic acids is 2. The summed E-state index contributed by atoms with van der Waals surface area (Å²) in [7, 11) is 3.60. The average molecular weight is 616 g/mol. The number of ether oxygens (including phenoxy) is 4. The fraction of sp³-hybridized carbons (Fsp3) is 0.515. The second-order valence-corrected chi connectivity index (χ2v) is 12.7. The third kappa shape index (κ3) is 4.89. The van der Waals surface area contributed by atoms with Crippen LogP contribution in [0.5, 0.6) is 0 Å². The topological polar surface area (TPSA) is 83.1 Å². The lowest BCUT2D eigenvalue weighted by atomic mass is 9.50. The number of halogens is 3. The molecule has 5 aliphatic rings. The molecule has 3 fully saturated rings. The van der Waals surface area contributed by atoms with Gasteiger partial charge < -0.3 is 28.7 Å². The lowest BCUT2D eigenvalue weighted by Crippen LogP contribution is -2.69. The summed E-state index contributed by atoms with van der Waals surface area (Å²) in [4.78, 5) is 26.1. The quantitative estimate of drug-likeness (QED) is 0.109. The Bertz CT molecular complexity index is 1450. The predicted octanol–water partition coefficient (Wildman–Crippen LogP) is 5.14. The Morgan fingerprint density at radius 2 is 1.98 bits per heavy atom. The molecule has 44 heavy (non-hydrogen) atoms. The van der Waals surface area contributed by atoms with E-state index in [9.17, 15) is 22.8 Å². The van der Waals surface area contributed by atoms with Crippen LogP contribution in [0.2, 0.25) is 0 Å². The molecule has 0 aromatic heterocycles. The Kier molecular flexibility index (Phi) is 7.57. The number of hydrogen-bond donors (Lipinski definition) is 1. The lowest BCUT2D eigenvalue weighted by molar-refractivity contribution is -0.940. The van der Waals surface area contributed by atoms with E-state index in [0.717, 1.165) is 60.5 Å². The van der Waals surface area contributed by atoms with Crippen LogP contribution in [0.3, 0.4) is 0 Å². The first-order valence-corrected chi connectivity index (χ1v) is 15.0. The molecule has 8 nitrogen and oxygen atoms in total. The van der Waals surface area contributed by atoms with E-state index in [1.807, 2.05) is 6.08 Å². The summed E-state index contributed by atoms with van der Waals surface area (Å²) in [6.07, 6.45) is 2.52. The van der Waals surface area contributed by atoms with Crippen molar-refractivity contribution in [1.82, 2.24) is 5.32 Å². The molecular formula is C33H38F3N2O6+. The van der Waals surface area contributed by atoms with Crippen molar-refractivity contribution in [2.45, 2.75) is 69.4 Å². The van der Waals surface area contributed by atoms with Crippen molar-refractivity contribution in [2.75, 3.05) is 27.2 Å². The molecule has 1 N–H and O–H groups in total. The number of likely N-dealkylation sites (N-methyl/N-ethyl adjacent to an activating group) is 1. The van der Waals surface area contributed by atoms with Gasteiger partial charge in [-0.3, -0.25) is 9.59 Å².